The Morgan fingerprint density at radius 2 is 1.97 bits per heavy atom. The highest BCUT2D eigenvalue weighted by atomic mass is 19.1. The fraction of sp³-hybridized carbons (Fsp3) is 0.522. The van der Waals surface area contributed by atoms with Crippen LogP contribution in [0.2, 0.25) is 0 Å². The van der Waals surface area contributed by atoms with E-state index in [1.807, 2.05) is 6.92 Å². The summed E-state index contributed by atoms with van der Waals surface area (Å²) >= 11 is 0. The fourth-order valence-electron chi connectivity index (χ4n) is 3.83. The van der Waals surface area contributed by atoms with Gasteiger partial charge >= 0.3 is 0 Å². The van der Waals surface area contributed by atoms with E-state index in [1.54, 1.807) is 18.3 Å². The standard InChI is InChI=1S/C23H31FN4O/c1-16-19(22(29)26-13-17-8-10-18(24)11-9-17)14-25-21(27-16)20-7-5-6-12-28(20)15-23(2,3)4/h8-11,14,20H,5-7,12-13,15H2,1-4H3,(H,26,29)/t20-/m1/s1. The van der Waals surface area contributed by atoms with Crippen molar-refractivity contribution >= 4 is 5.91 Å². The Morgan fingerprint density at radius 1 is 1.24 bits per heavy atom. The Kier molecular flexibility index (Phi) is 6.63. The molecule has 6 heteroatoms. The third kappa shape index (κ3) is 5.82. The second-order valence-electron chi connectivity index (χ2n) is 9.08. The van der Waals surface area contributed by atoms with Crippen LogP contribution in [0.5, 0.6) is 0 Å². The number of piperidine rings is 1. The smallest absolute Gasteiger partial charge is 0.254 e. The van der Waals surface area contributed by atoms with Crippen LogP contribution in [0.25, 0.3) is 0 Å². The molecular formula is C23H31FN4O. The van der Waals surface area contributed by atoms with Gasteiger partial charge in [0.1, 0.15) is 11.6 Å². The molecule has 0 bridgehead atoms. The summed E-state index contributed by atoms with van der Waals surface area (Å²) in [6.07, 6.45) is 5.07. The summed E-state index contributed by atoms with van der Waals surface area (Å²) < 4.78 is 13.0. The van der Waals surface area contributed by atoms with Gasteiger partial charge in [0.15, 0.2) is 0 Å². The van der Waals surface area contributed by atoms with Crippen molar-refractivity contribution in [2.24, 2.45) is 5.41 Å². The molecule has 0 saturated carbocycles. The maximum absolute atomic E-state index is 13.0. The van der Waals surface area contributed by atoms with Crippen LogP contribution in [0.3, 0.4) is 0 Å². The summed E-state index contributed by atoms with van der Waals surface area (Å²) in [4.78, 5) is 24.3. The predicted octanol–water partition coefficient (Wildman–Crippen LogP) is 4.43. The molecule has 1 aliphatic heterocycles. The van der Waals surface area contributed by atoms with Crippen LogP contribution >= 0.6 is 0 Å². The first kappa shape index (κ1) is 21.4. The molecular weight excluding hydrogens is 367 g/mol. The van der Waals surface area contributed by atoms with Crippen molar-refractivity contribution in [1.82, 2.24) is 20.2 Å². The zero-order valence-electron chi connectivity index (χ0n) is 17.8. The number of aromatic nitrogens is 2. The molecule has 0 radical (unpaired) electrons. The molecule has 0 aliphatic carbocycles. The maximum atomic E-state index is 13.0. The molecule has 2 aromatic rings. The molecule has 1 atom stereocenters. The fourth-order valence-corrected chi connectivity index (χ4v) is 3.83. The van der Waals surface area contributed by atoms with Crippen molar-refractivity contribution in [3.63, 3.8) is 0 Å². The molecule has 1 aliphatic rings. The van der Waals surface area contributed by atoms with Crippen LogP contribution < -0.4 is 5.32 Å². The molecule has 0 unspecified atom stereocenters. The van der Waals surface area contributed by atoms with Gasteiger partial charge in [0.25, 0.3) is 5.91 Å². The second-order valence-corrected chi connectivity index (χ2v) is 9.08. The molecule has 29 heavy (non-hydrogen) atoms. The molecule has 2 heterocycles. The average Bonchev–Trinajstić information content (AvgIpc) is 2.66. The Bertz CT molecular complexity index is 845. The Hall–Kier alpha value is -2.34. The van der Waals surface area contributed by atoms with Crippen molar-refractivity contribution in [2.45, 2.75) is 59.5 Å². The van der Waals surface area contributed by atoms with E-state index >= 15 is 0 Å². The third-order valence-corrected chi connectivity index (χ3v) is 5.20. The summed E-state index contributed by atoms with van der Waals surface area (Å²) in [6, 6.07) is 6.30. The van der Waals surface area contributed by atoms with Gasteiger partial charge in [0, 0.05) is 19.3 Å². The van der Waals surface area contributed by atoms with E-state index < -0.39 is 0 Å². The molecule has 0 spiro atoms. The van der Waals surface area contributed by atoms with Gasteiger partial charge in [0.2, 0.25) is 0 Å². The number of carbonyl (C=O) groups is 1. The van der Waals surface area contributed by atoms with E-state index in [0.29, 0.717) is 17.8 Å². The number of aryl methyl sites for hydroxylation is 1. The molecule has 1 aromatic carbocycles. The lowest BCUT2D eigenvalue weighted by atomic mass is 9.92. The molecule has 1 aromatic heterocycles. The van der Waals surface area contributed by atoms with Gasteiger partial charge in [-0.25, -0.2) is 14.4 Å². The molecule has 156 valence electrons. The Labute approximate surface area is 172 Å². The molecule has 1 saturated heterocycles. The van der Waals surface area contributed by atoms with Gasteiger partial charge < -0.3 is 5.32 Å². The van der Waals surface area contributed by atoms with Crippen molar-refractivity contribution in [1.29, 1.82) is 0 Å². The Balaban J connectivity index is 1.69. The number of halogens is 1. The lowest BCUT2D eigenvalue weighted by molar-refractivity contribution is 0.0944. The van der Waals surface area contributed by atoms with Gasteiger partial charge in [-0.1, -0.05) is 39.3 Å². The second kappa shape index (κ2) is 8.99. The monoisotopic (exact) mass is 398 g/mol. The number of rotatable bonds is 5. The van der Waals surface area contributed by atoms with Crippen molar-refractivity contribution in [3.05, 3.63) is 58.9 Å². The number of carbonyl (C=O) groups excluding carboxylic acids is 1. The molecule has 1 N–H and O–H groups in total. The zero-order chi connectivity index (χ0) is 21.0. The molecule has 5 nitrogen and oxygen atoms in total. The number of benzene rings is 1. The van der Waals surface area contributed by atoms with Crippen LogP contribution in [-0.2, 0) is 6.54 Å². The number of amides is 1. The van der Waals surface area contributed by atoms with Crippen molar-refractivity contribution in [2.75, 3.05) is 13.1 Å². The van der Waals surface area contributed by atoms with E-state index in [4.69, 9.17) is 4.98 Å². The molecule has 1 amide bonds. The zero-order valence-corrected chi connectivity index (χ0v) is 17.8. The summed E-state index contributed by atoms with van der Waals surface area (Å²) in [5.41, 5.74) is 2.22. The highest BCUT2D eigenvalue weighted by molar-refractivity contribution is 5.94. The molecule has 1 fully saturated rings. The lowest BCUT2D eigenvalue weighted by Gasteiger charge is -2.38. The van der Waals surface area contributed by atoms with Gasteiger partial charge in [0.05, 0.1) is 17.3 Å². The van der Waals surface area contributed by atoms with E-state index in [-0.39, 0.29) is 23.2 Å². The highest BCUT2D eigenvalue weighted by Crippen LogP contribution is 2.32. The van der Waals surface area contributed by atoms with Crippen molar-refractivity contribution < 1.29 is 9.18 Å². The number of hydrogen-bond donors (Lipinski definition) is 1. The van der Waals surface area contributed by atoms with Crippen LogP contribution in [-0.4, -0.2) is 33.9 Å². The van der Waals surface area contributed by atoms with Crippen LogP contribution in [0.4, 0.5) is 4.39 Å². The number of nitrogens with zero attached hydrogens (tertiary/aromatic N) is 3. The predicted molar refractivity (Wildman–Crippen MR) is 112 cm³/mol. The van der Waals surface area contributed by atoms with E-state index in [1.165, 1.54) is 25.0 Å². The van der Waals surface area contributed by atoms with Crippen LogP contribution in [0.1, 0.15) is 73.5 Å². The van der Waals surface area contributed by atoms with Crippen molar-refractivity contribution in [3.8, 4) is 0 Å². The van der Waals surface area contributed by atoms with E-state index in [0.717, 1.165) is 30.9 Å². The summed E-state index contributed by atoms with van der Waals surface area (Å²) in [5, 5.41) is 2.86. The quantitative estimate of drug-likeness (QED) is 0.810. The first-order valence-corrected chi connectivity index (χ1v) is 10.3. The van der Waals surface area contributed by atoms with Crippen LogP contribution in [0.15, 0.2) is 30.5 Å². The number of hydrogen-bond acceptors (Lipinski definition) is 4. The van der Waals surface area contributed by atoms with E-state index in [9.17, 15) is 9.18 Å². The molecule has 3 rings (SSSR count). The minimum Gasteiger partial charge on any atom is -0.348 e. The normalized spacial score (nSPS) is 17.9. The first-order chi connectivity index (χ1) is 13.7. The van der Waals surface area contributed by atoms with Gasteiger partial charge in [-0.3, -0.25) is 9.69 Å². The van der Waals surface area contributed by atoms with Crippen LogP contribution in [0, 0.1) is 18.2 Å². The summed E-state index contributed by atoms with van der Waals surface area (Å²) in [7, 11) is 0. The third-order valence-electron chi connectivity index (χ3n) is 5.20. The summed E-state index contributed by atoms with van der Waals surface area (Å²) in [5.74, 6) is 0.304. The minimum absolute atomic E-state index is 0.206. The number of nitrogens with one attached hydrogen (secondary N) is 1. The number of likely N-dealkylation sites (tertiary alicyclic amines) is 1. The Morgan fingerprint density at radius 3 is 2.62 bits per heavy atom. The first-order valence-electron chi connectivity index (χ1n) is 10.3. The van der Waals surface area contributed by atoms with Gasteiger partial charge in [-0.2, -0.15) is 0 Å². The maximum Gasteiger partial charge on any atom is 0.254 e. The minimum atomic E-state index is -0.289. The van der Waals surface area contributed by atoms with E-state index in [2.05, 4.69) is 36.0 Å². The lowest BCUT2D eigenvalue weighted by Crippen LogP contribution is -2.40. The average molecular weight is 399 g/mol. The van der Waals surface area contributed by atoms with Gasteiger partial charge in [-0.15, -0.1) is 0 Å². The highest BCUT2D eigenvalue weighted by Gasteiger charge is 2.29. The van der Waals surface area contributed by atoms with Gasteiger partial charge in [-0.05, 0) is 49.4 Å². The SMILES string of the molecule is Cc1nc([C@H]2CCCCN2CC(C)(C)C)ncc1C(=O)NCc1ccc(F)cc1. The summed E-state index contributed by atoms with van der Waals surface area (Å²) in [6.45, 7) is 11.0. The topological polar surface area (TPSA) is 58.1 Å². The largest absolute Gasteiger partial charge is 0.348 e.